The van der Waals surface area contributed by atoms with Crippen molar-refractivity contribution in [3.63, 3.8) is 0 Å². The zero-order chi connectivity index (χ0) is 18.4. The molecule has 1 unspecified atom stereocenters. The third-order valence-corrected chi connectivity index (χ3v) is 4.56. The summed E-state index contributed by atoms with van der Waals surface area (Å²) in [5.41, 5.74) is -0.150. The fourth-order valence-electron chi connectivity index (χ4n) is 3.11. The number of carbonyl (C=O) groups is 2. The fourth-order valence-corrected chi connectivity index (χ4v) is 3.11. The van der Waals surface area contributed by atoms with Crippen LogP contribution in [-0.2, 0) is 21.4 Å². The van der Waals surface area contributed by atoms with E-state index in [2.05, 4.69) is 10.1 Å². The smallest absolute Gasteiger partial charge is 0.303 e. The quantitative estimate of drug-likeness (QED) is 0.811. The molecular formula is C18H29N3O4. The summed E-state index contributed by atoms with van der Waals surface area (Å²) in [4.78, 5) is 29.6. The third-order valence-electron chi connectivity index (χ3n) is 4.56. The zero-order valence-electron chi connectivity index (χ0n) is 15.5. The Morgan fingerprint density at radius 1 is 1.28 bits per heavy atom. The third kappa shape index (κ3) is 5.83. The van der Waals surface area contributed by atoms with Crippen LogP contribution >= 0.6 is 0 Å². The second-order valence-corrected chi connectivity index (χ2v) is 7.78. The number of nitrogens with zero attached hydrogens (tertiary/aromatic N) is 3. The van der Waals surface area contributed by atoms with Crippen molar-refractivity contribution in [2.45, 2.75) is 83.6 Å². The molecule has 0 spiro atoms. The Balaban J connectivity index is 1.81. The molecule has 1 aliphatic heterocycles. The largest absolute Gasteiger partial charge is 0.481 e. The van der Waals surface area contributed by atoms with Gasteiger partial charge in [0.05, 0.1) is 0 Å². The highest BCUT2D eigenvalue weighted by Crippen LogP contribution is 2.23. The first-order valence-corrected chi connectivity index (χ1v) is 9.11. The lowest BCUT2D eigenvalue weighted by atomic mass is 9.96. The molecule has 1 atom stereocenters. The standard InChI is InChI=1S/C18H29N3O4/c1-18(2,3)17-19-14(25-20-17)8-6-9-15(22)21-12-5-4-7-13(21)10-11-16(23)24/h13H,4-12H2,1-3H3,(H,23,24). The normalized spacial score (nSPS) is 18.4. The number of carboxylic acids is 1. The molecule has 0 bridgehead atoms. The van der Waals surface area contributed by atoms with Gasteiger partial charge in [-0.2, -0.15) is 4.98 Å². The van der Waals surface area contributed by atoms with Crippen molar-refractivity contribution >= 4 is 11.9 Å². The van der Waals surface area contributed by atoms with Gasteiger partial charge in [0, 0.05) is 37.3 Å². The van der Waals surface area contributed by atoms with E-state index in [4.69, 9.17) is 9.63 Å². The van der Waals surface area contributed by atoms with Gasteiger partial charge >= 0.3 is 5.97 Å². The van der Waals surface area contributed by atoms with E-state index in [9.17, 15) is 9.59 Å². The Hall–Kier alpha value is -1.92. The number of aliphatic carboxylic acids is 1. The van der Waals surface area contributed by atoms with Crippen LogP contribution in [-0.4, -0.2) is 44.6 Å². The van der Waals surface area contributed by atoms with Gasteiger partial charge in [-0.3, -0.25) is 9.59 Å². The summed E-state index contributed by atoms with van der Waals surface area (Å²) in [6.45, 7) is 6.81. The highest BCUT2D eigenvalue weighted by Gasteiger charge is 2.27. The summed E-state index contributed by atoms with van der Waals surface area (Å²) in [6.07, 6.45) is 5.29. The molecule has 0 radical (unpaired) electrons. The molecule has 0 aromatic carbocycles. The van der Waals surface area contributed by atoms with Crippen LogP contribution in [0, 0.1) is 0 Å². The van der Waals surface area contributed by atoms with Gasteiger partial charge in [0.25, 0.3) is 0 Å². The lowest BCUT2D eigenvalue weighted by Crippen LogP contribution is -2.43. The topological polar surface area (TPSA) is 96.5 Å². The number of piperidine rings is 1. The maximum Gasteiger partial charge on any atom is 0.303 e. The van der Waals surface area contributed by atoms with E-state index in [0.717, 1.165) is 25.8 Å². The Labute approximate surface area is 148 Å². The van der Waals surface area contributed by atoms with E-state index in [1.54, 1.807) is 0 Å². The van der Waals surface area contributed by atoms with Gasteiger partial charge in [0.1, 0.15) is 0 Å². The minimum atomic E-state index is -0.802. The molecular weight excluding hydrogens is 322 g/mol. The number of amides is 1. The highest BCUT2D eigenvalue weighted by molar-refractivity contribution is 5.76. The van der Waals surface area contributed by atoms with E-state index in [0.29, 0.717) is 37.4 Å². The Morgan fingerprint density at radius 2 is 2.04 bits per heavy atom. The molecule has 1 aromatic rings. The molecule has 25 heavy (non-hydrogen) atoms. The maximum atomic E-state index is 12.5. The van der Waals surface area contributed by atoms with Crippen LogP contribution in [0.5, 0.6) is 0 Å². The van der Waals surface area contributed by atoms with Gasteiger partial charge in [0.2, 0.25) is 11.8 Å². The molecule has 0 saturated carbocycles. The van der Waals surface area contributed by atoms with Gasteiger partial charge in [0.15, 0.2) is 5.82 Å². The number of rotatable bonds is 7. The predicted octanol–water partition coefficient (Wildman–Crippen LogP) is 2.94. The average molecular weight is 351 g/mol. The first-order valence-electron chi connectivity index (χ1n) is 9.11. The summed E-state index contributed by atoms with van der Waals surface area (Å²) in [5, 5.41) is 12.9. The van der Waals surface area contributed by atoms with Crippen molar-refractivity contribution < 1.29 is 19.2 Å². The molecule has 1 saturated heterocycles. The van der Waals surface area contributed by atoms with Crippen LogP contribution in [0.3, 0.4) is 0 Å². The minimum absolute atomic E-state index is 0.0632. The molecule has 1 amide bonds. The number of aromatic nitrogens is 2. The van der Waals surface area contributed by atoms with E-state index in [1.807, 2.05) is 25.7 Å². The van der Waals surface area contributed by atoms with Crippen LogP contribution in [0.2, 0.25) is 0 Å². The van der Waals surface area contributed by atoms with Crippen LogP contribution in [0.4, 0.5) is 0 Å². The highest BCUT2D eigenvalue weighted by atomic mass is 16.5. The second kappa shape index (κ2) is 8.45. The summed E-state index contributed by atoms with van der Waals surface area (Å²) >= 11 is 0. The fraction of sp³-hybridized carbons (Fsp3) is 0.778. The number of likely N-dealkylation sites (tertiary alicyclic amines) is 1. The van der Waals surface area contributed by atoms with Crippen LogP contribution in [0.25, 0.3) is 0 Å². The summed E-state index contributed by atoms with van der Waals surface area (Å²) < 4.78 is 5.25. The molecule has 1 aliphatic rings. The molecule has 2 rings (SSSR count). The number of hydrogen-bond acceptors (Lipinski definition) is 5. The van der Waals surface area contributed by atoms with Crippen LogP contribution < -0.4 is 0 Å². The molecule has 140 valence electrons. The number of carbonyl (C=O) groups excluding carboxylic acids is 1. The molecule has 1 N–H and O–H groups in total. The lowest BCUT2D eigenvalue weighted by molar-refractivity contribution is -0.140. The maximum absolute atomic E-state index is 12.5. The number of hydrogen-bond donors (Lipinski definition) is 1. The summed E-state index contributed by atoms with van der Waals surface area (Å²) in [5.74, 6) is 0.548. The monoisotopic (exact) mass is 351 g/mol. The Kier molecular flexibility index (Phi) is 6.56. The molecule has 7 heteroatoms. The summed E-state index contributed by atoms with van der Waals surface area (Å²) in [6, 6.07) is 0.0632. The Bertz CT molecular complexity index is 591. The van der Waals surface area contributed by atoms with E-state index in [1.165, 1.54) is 0 Å². The van der Waals surface area contributed by atoms with Crippen molar-refractivity contribution in [2.24, 2.45) is 0 Å². The molecule has 0 aliphatic carbocycles. The van der Waals surface area contributed by atoms with E-state index >= 15 is 0 Å². The second-order valence-electron chi connectivity index (χ2n) is 7.78. The van der Waals surface area contributed by atoms with Crippen molar-refractivity contribution in [1.82, 2.24) is 15.0 Å². The summed E-state index contributed by atoms with van der Waals surface area (Å²) in [7, 11) is 0. The molecule has 1 aromatic heterocycles. The van der Waals surface area contributed by atoms with Gasteiger partial charge in [-0.25, -0.2) is 0 Å². The first-order chi connectivity index (χ1) is 11.8. The molecule has 7 nitrogen and oxygen atoms in total. The van der Waals surface area contributed by atoms with Crippen molar-refractivity contribution in [3.8, 4) is 0 Å². The molecule has 2 heterocycles. The predicted molar refractivity (Wildman–Crippen MR) is 92.2 cm³/mol. The molecule has 1 fully saturated rings. The van der Waals surface area contributed by atoms with Gasteiger partial charge in [-0.05, 0) is 32.1 Å². The minimum Gasteiger partial charge on any atom is -0.481 e. The van der Waals surface area contributed by atoms with E-state index < -0.39 is 5.97 Å². The van der Waals surface area contributed by atoms with Crippen molar-refractivity contribution in [3.05, 3.63) is 11.7 Å². The van der Waals surface area contributed by atoms with Crippen LogP contribution in [0.15, 0.2) is 4.52 Å². The van der Waals surface area contributed by atoms with Gasteiger partial charge in [-0.15, -0.1) is 0 Å². The zero-order valence-corrected chi connectivity index (χ0v) is 15.5. The number of carboxylic acid groups (broad SMARTS) is 1. The van der Waals surface area contributed by atoms with E-state index in [-0.39, 0.29) is 23.8 Å². The lowest BCUT2D eigenvalue weighted by Gasteiger charge is -2.35. The average Bonchev–Trinajstić information content (AvgIpc) is 3.02. The number of aryl methyl sites for hydroxylation is 1. The van der Waals surface area contributed by atoms with Gasteiger partial charge in [-0.1, -0.05) is 25.9 Å². The van der Waals surface area contributed by atoms with Crippen LogP contribution in [0.1, 0.15) is 77.4 Å². The SMILES string of the molecule is CC(C)(C)c1noc(CCCC(=O)N2CCCCC2CCC(=O)O)n1. The Morgan fingerprint density at radius 3 is 2.68 bits per heavy atom. The van der Waals surface area contributed by atoms with Crippen molar-refractivity contribution in [1.29, 1.82) is 0 Å². The first kappa shape index (κ1) is 19.4. The van der Waals surface area contributed by atoms with Gasteiger partial charge < -0.3 is 14.5 Å². The van der Waals surface area contributed by atoms with Crippen molar-refractivity contribution in [2.75, 3.05) is 6.54 Å².